The lowest BCUT2D eigenvalue weighted by Gasteiger charge is -2.36. The molecule has 3 heterocycles. The van der Waals surface area contributed by atoms with Gasteiger partial charge in [0.1, 0.15) is 10.8 Å². The van der Waals surface area contributed by atoms with E-state index in [1.54, 1.807) is 11.3 Å². The molecular formula is C18H30IN7S2. The van der Waals surface area contributed by atoms with Crippen LogP contribution in [0, 0.1) is 0 Å². The zero-order valence-electron chi connectivity index (χ0n) is 17.2. The molecule has 1 aliphatic heterocycles. The summed E-state index contributed by atoms with van der Waals surface area (Å²) in [5, 5.41) is 7.76. The van der Waals surface area contributed by atoms with Crippen molar-refractivity contribution in [2.75, 3.05) is 38.1 Å². The van der Waals surface area contributed by atoms with Gasteiger partial charge in [0.25, 0.3) is 0 Å². The summed E-state index contributed by atoms with van der Waals surface area (Å²) in [7, 11) is 1.84. The van der Waals surface area contributed by atoms with Crippen molar-refractivity contribution in [1.29, 1.82) is 0 Å². The lowest BCUT2D eigenvalue weighted by atomic mass is 9.93. The molecule has 1 aliphatic rings. The number of thiazole rings is 1. The van der Waals surface area contributed by atoms with Crippen molar-refractivity contribution in [2.24, 2.45) is 4.99 Å². The number of rotatable bonds is 4. The van der Waals surface area contributed by atoms with E-state index < -0.39 is 0 Å². The Morgan fingerprint density at radius 3 is 2.46 bits per heavy atom. The molecule has 7 nitrogen and oxygen atoms in total. The van der Waals surface area contributed by atoms with Crippen LogP contribution in [-0.4, -0.2) is 58.4 Å². The van der Waals surface area contributed by atoms with Crippen LogP contribution in [0.5, 0.6) is 0 Å². The van der Waals surface area contributed by atoms with Crippen LogP contribution in [0.3, 0.4) is 0 Å². The van der Waals surface area contributed by atoms with E-state index in [-0.39, 0.29) is 29.4 Å². The molecule has 1 N–H and O–H groups in total. The van der Waals surface area contributed by atoms with Crippen LogP contribution in [0.15, 0.2) is 10.4 Å². The quantitative estimate of drug-likeness (QED) is 0.368. The molecule has 0 radical (unpaired) electrons. The molecular weight excluding hydrogens is 505 g/mol. The first-order chi connectivity index (χ1) is 12.9. The van der Waals surface area contributed by atoms with Gasteiger partial charge in [0.05, 0.1) is 12.2 Å². The van der Waals surface area contributed by atoms with Gasteiger partial charge in [-0.2, -0.15) is 4.37 Å². The van der Waals surface area contributed by atoms with E-state index in [1.807, 2.05) is 7.05 Å². The first-order valence-electron chi connectivity index (χ1n) is 9.38. The summed E-state index contributed by atoms with van der Waals surface area (Å²) in [6, 6.07) is 0. The van der Waals surface area contributed by atoms with Gasteiger partial charge in [-0.1, -0.05) is 27.7 Å². The fraction of sp³-hybridized carbons (Fsp3) is 0.667. The number of hydrogen-bond acceptors (Lipinski definition) is 7. The minimum atomic E-state index is 0. The molecule has 156 valence electrons. The average molecular weight is 536 g/mol. The van der Waals surface area contributed by atoms with Gasteiger partial charge in [0.15, 0.2) is 5.96 Å². The minimum Gasteiger partial charge on any atom is -0.350 e. The van der Waals surface area contributed by atoms with Crippen LogP contribution in [0.4, 0.5) is 5.13 Å². The third kappa shape index (κ3) is 5.76. The Balaban J connectivity index is 0.00000280. The molecule has 0 amide bonds. The Bertz CT molecular complexity index is 773. The Labute approximate surface area is 192 Å². The zero-order chi connectivity index (χ0) is 19.4. The highest BCUT2D eigenvalue weighted by molar-refractivity contribution is 14.0. The third-order valence-electron chi connectivity index (χ3n) is 4.55. The Hall–Kier alpha value is -1.01. The maximum absolute atomic E-state index is 4.76. The molecule has 3 rings (SSSR count). The van der Waals surface area contributed by atoms with E-state index in [0.29, 0.717) is 6.54 Å². The lowest BCUT2D eigenvalue weighted by Crippen LogP contribution is -2.52. The fourth-order valence-corrected chi connectivity index (χ4v) is 4.61. The number of aryl methyl sites for hydroxylation is 1. The number of piperazine rings is 1. The minimum absolute atomic E-state index is 0. The Kier molecular flexibility index (Phi) is 8.44. The van der Waals surface area contributed by atoms with Crippen molar-refractivity contribution in [3.05, 3.63) is 21.9 Å². The zero-order valence-corrected chi connectivity index (χ0v) is 21.2. The van der Waals surface area contributed by atoms with E-state index >= 15 is 0 Å². The molecule has 1 fully saturated rings. The number of halogens is 1. The van der Waals surface area contributed by atoms with Crippen molar-refractivity contribution >= 4 is 57.9 Å². The molecule has 0 unspecified atom stereocenters. The second-order valence-electron chi connectivity index (χ2n) is 7.60. The van der Waals surface area contributed by atoms with Crippen molar-refractivity contribution in [3.63, 3.8) is 0 Å². The van der Waals surface area contributed by atoms with Gasteiger partial charge >= 0.3 is 0 Å². The fourth-order valence-electron chi connectivity index (χ4n) is 2.85. The van der Waals surface area contributed by atoms with E-state index in [1.165, 1.54) is 11.5 Å². The maximum Gasteiger partial charge on any atom is 0.205 e. The summed E-state index contributed by atoms with van der Waals surface area (Å²) in [6.45, 7) is 13.1. The molecule has 10 heteroatoms. The summed E-state index contributed by atoms with van der Waals surface area (Å²) in [6.07, 6.45) is 0.890. The number of hydrogen-bond donors (Lipinski definition) is 1. The molecule has 0 spiro atoms. The normalized spacial score (nSPS) is 15.5. The number of nitrogens with zero attached hydrogens (tertiary/aromatic N) is 6. The Morgan fingerprint density at radius 2 is 1.93 bits per heavy atom. The standard InChI is InChI=1S/C18H29N7S2.HI/c1-6-14-22-17(27-23-14)25-9-7-24(8-10-25)16(19-5)20-11-15-21-13(12-26-15)18(2,3)4;/h12H,6-11H2,1-5H3,(H,19,20);1H. The first kappa shape index (κ1) is 23.3. The summed E-state index contributed by atoms with van der Waals surface area (Å²) in [4.78, 5) is 18.4. The van der Waals surface area contributed by atoms with Crippen LogP contribution in [0.2, 0.25) is 0 Å². The van der Waals surface area contributed by atoms with Gasteiger partial charge in [0, 0.05) is 62.0 Å². The van der Waals surface area contributed by atoms with Crippen LogP contribution in [0.1, 0.15) is 44.2 Å². The largest absolute Gasteiger partial charge is 0.350 e. The van der Waals surface area contributed by atoms with Crippen molar-refractivity contribution in [1.82, 2.24) is 24.6 Å². The highest BCUT2D eigenvalue weighted by atomic mass is 127. The van der Waals surface area contributed by atoms with Gasteiger partial charge in [0.2, 0.25) is 5.13 Å². The highest BCUT2D eigenvalue weighted by Gasteiger charge is 2.22. The van der Waals surface area contributed by atoms with Gasteiger partial charge in [-0.25, -0.2) is 9.97 Å². The number of aromatic nitrogens is 3. The summed E-state index contributed by atoms with van der Waals surface area (Å²) in [5.74, 6) is 1.88. The molecule has 1 saturated heterocycles. The van der Waals surface area contributed by atoms with Crippen molar-refractivity contribution < 1.29 is 0 Å². The van der Waals surface area contributed by atoms with Crippen LogP contribution >= 0.6 is 46.8 Å². The van der Waals surface area contributed by atoms with E-state index in [9.17, 15) is 0 Å². The number of guanidine groups is 1. The lowest BCUT2D eigenvalue weighted by molar-refractivity contribution is 0.372. The molecule has 0 atom stereocenters. The SMILES string of the molecule is CCc1nsc(N2CCN(C(=NC)NCc3nc(C(C)(C)C)cs3)CC2)n1.I. The summed E-state index contributed by atoms with van der Waals surface area (Å²) >= 11 is 3.21. The number of anilines is 1. The molecule has 2 aromatic rings. The van der Waals surface area contributed by atoms with Gasteiger partial charge < -0.3 is 15.1 Å². The highest BCUT2D eigenvalue weighted by Crippen LogP contribution is 2.24. The van der Waals surface area contributed by atoms with Crippen molar-refractivity contribution in [3.8, 4) is 0 Å². The third-order valence-corrected chi connectivity index (χ3v) is 6.22. The maximum atomic E-state index is 4.76. The average Bonchev–Trinajstić information content (AvgIpc) is 3.32. The van der Waals surface area contributed by atoms with Crippen LogP contribution in [0.25, 0.3) is 0 Å². The molecule has 2 aromatic heterocycles. The van der Waals surface area contributed by atoms with Gasteiger partial charge in [-0.3, -0.25) is 4.99 Å². The van der Waals surface area contributed by atoms with Crippen LogP contribution < -0.4 is 10.2 Å². The van der Waals surface area contributed by atoms with Gasteiger partial charge in [-0.15, -0.1) is 35.3 Å². The van der Waals surface area contributed by atoms with Crippen LogP contribution in [-0.2, 0) is 18.4 Å². The van der Waals surface area contributed by atoms with Gasteiger partial charge in [-0.05, 0) is 0 Å². The molecule has 0 bridgehead atoms. The second-order valence-corrected chi connectivity index (χ2v) is 9.27. The van der Waals surface area contributed by atoms with E-state index in [2.05, 4.69) is 62.5 Å². The second kappa shape index (κ2) is 10.1. The van der Waals surface area contributed by atoms with Crippen molar-refractivity contribution in [2.45, 2.75) is 46.1 Å². The van der Waals surface area contributed by atoms with E-state index in [0.717, 1.165) is 60.2 Å². The smallest absolute Gasteiger partial charge is 0.205 e. The Morgan fingerprint density at radius 1 is 1.21 bits per heavy atom. The predicted octanol–water partition coefficient (Wildman–Crippen LogP) is 3.37. The molecule has 0 aromatic carbocycles. The number of nitrogens with one attached hydrogen (secondary N) is 1. The predicted molar refractivity (Wildman–Crippen MR) is 130 cm³/mol. The molecule has 0 aliphatic carbocycles. The van der Waals surface area contributed by atoms with E-state index in [4.69, 9.17) is 4.98 Å². The first-order valence-corrected chi connectivity index (χ1v) is 11.0. The monoisotopic (exact) mass is 535 g/mol. The molecule has 28 heavy (non-hydrogen) atoms. The summed E-state index contributed by atoms with van der Waals surface area (Å²) < 4.78 is 4.40. The number of aliphatic imine (C=N–C) groups is 1. The molecule has 0 saturated carbocycles. The topological polar surface area (TPSA) is 69.5 Å². The summed E-state index contributed by atoms with van der Waals surface area (Å²) in [5.41, 5.74) is 1.24.